The number of hydrogen-bond acceptors (Lipinski definition) is 4. The summed E-state index contributed by atoms with van der Waals surface area (Å²) in [4.78, 5) is 10.9. The number of nitrogens with one attached hydrogen (secondary N) is 1. The highest BCUT2D eigenvalue weighted by Crippen LogP contribution is 2.07. The van der Waals surface area contributed by atoms with Crippen molar-refractivity contribution in [2.75, 3.05) is 5.75 Å². The Morgan fingerprint density at radius 3 is 2.76 bits per heavy atom. The fraction of sp³-hybridized carbons (Fsp3) is 0.385. The number of nitriles is 1. The molecule has 1 aromatic rings. The van der Waals surface area contributed by atoms with Gasteiger partial charge in [-0.3, -0.25) is 4.79 Å². The van der Waals surface area contributed by atoms with Crippen molar-refractivity contribution >= 4 is 16.9 Å². The van der Waals surface area contributed by atoms with Gasteiger partial charge in [0.2, 0.25) is 0 Å². The van der Waals surface area contributed by atoms with E-state index >= 15 is 0 Å². The highest BCUT2D eigenvalue weighted by molar-refractivity contribution is 8.13. The van der Waals surface area contributed by atoms with Gasteiger partial charge in [-0.2, -0.15) is 5.26 Å². The lowest BCUT2D eigenvalue weighted by Gasteiger charge is -2.14. The summed E-state index contributed by atoms with van der Waals surface area (Å²) >= 11 is 1.26. The SMILES string of the molecule is CC(=O)SC[C@@H](CC#N)NCc1ccccc1. The molecule has 0 aliphatic carbocycles. The van der Waals surface area contributed by atoms with E-state index in [9.17, 15) is 4.79 Å². The van der Waals surface area contributed by atoms with Crippen LogP contribution in [0.4, 0.5) is 0 Å². The lowest BCUT2D eigenvalue weighted by molar-refractivity contribution is -0.109. The minimum Gasteiger partial charge on any atom is -0.308 e. The van der Waals surface area contributed by atoms with Crippen molar-refractivity contribution < 1.29 is 4.79 Å². The van der Waals surface area contributed by atoms with Crippen molar-refractivity contribution in [3.05, 3.63) is 35.9 Å². The lowest BCUT2D eigenvalue weighted by Crippen LogP contribution is -2.30. The van der Waals surface area contributed by atoms with Gasteiger partial charge in [-0.25, -0.2) is 0 Å². The fourth-order valence-corrected chi connectivity index (χ4v) is 2.05. The number of hydrogen-bond donors (Lipinski definition) is 1. The maximum Gasteiger partial charge on any atom is 0.185 e. The average molecular weight is 248 g/mol. The van der Waals surface area contributed by atoms with E-state index in [0.29, 0.717) is 12.2 Å². The summed E-state index contributed by atoms with van der Waals surface area (Å²) in [6, 6.07) is 12.2. The monoisotopic (exact) mass is 248 g/mol. The Morgan fingerprint density at radius 1 is 1.47 bits per heavy atom. The molecule has 0 aliphatic rings. The van der Waals surface area contributed by atoms with Crippen molar-refractivity contribution in [3.63, 3.8) is 0 Å². The summed E-state index contributed by atoms with van der Waals surface area (Å²) in [5.74, 6) is 0.649. The van der Waals surface area contributed by atoms with Gasteiger partial charge in [-0.05, 0) is 5.56 Å². The summed E-state index contributed by atoms with van der Waals surface area (Å²) < 4.78 is 0. The van der Waals surface area contributed by atoms with Gasteiger partial charge >= 0.3 is 0 Å². The molecule has 17 heavy (non-hydrogen) atoms. The van der Waals surface area contributed by atoms with Gasteiger partial charge in [0.25, 0.3) is 0 Å². The second kappa shape index (κ2) is 7.88. The first-order chi connectivity index (χ1) is 8.22. The van der Waals surface area contributed by atoms with Crippen LogP contribution in [0.15, 0.2) is 30.3 Å². The van der Waals surface area contributed by atoms with Crippen LogP contribution in [0, 0.1) is 11.3 Å². The standard InChI is InChI=1S/C13H16N2OS/c1-11(16)17-10-13(7-8-14)15-9-12-5-3-2-4-6-12/h2-6,13,15H,7,9-10H2,1H3/t13-/m1/s1. The molecule has 0 unspecified atom stereocenters. The summed E-state index contributed by atoms with van der Waals surface area (Å²) in [6.07, 6.45) is 0.424. The zero-order valence-electron chi connectivity index (χ0n) is 9.85. The van der Waals surface area contributed by atoms with E-state index in [0.717, 1.165) is 6.54 Å². The normalized spacial score (nSPS) is 11.8. The van der Waals surface area contributed by atoms with E-state index in [4.69, 9.17) is 5.26 Å². The zero-order chi connectivity index (χ0) is 12.5. The van der Waals surface area contributed by atoms with Gasteiger partial charge in [-0.15, -0.1) is 0 Å². The van der Waals surface area contributed by atoms with E-state index in [1.807, 2.05) is 30.3 Å². The average Bonchev–Trinajstić information content (AvgIpc) is 2.34. The van der Waals surface area contributed by atoms with Crippen LogP contribution in [0.5, 0.6) is 0 Å². The van der Waals surface area contributed by atoms with Crippen LogP contribution in [0.3, 0.4) is 0 Å². The number of nitrogens with zero attached hydrogens (tertiary/aromatic N) is 1. The zero-order valence-corrected chi connectivity index (χ0v) is 10.7. The van der Waals surface area contributed by atoms with Gasteiger partial charge in [0, 0.05) is 25.3 Å². The van der Waals surface area contributed by atoms with Crippen molar-refractivity contribution in [3.8, 4) is 6.07 Å². The molecule has 1 aromatic carbocycles. The van der Waals surface area contributed by atoms with Gasteiger partial charge in [-0.1, -0.05) is 42.1 Å². The number of rotatable bonds is 6. The molecule has 1 N–H and O–H groups in total. The summed E-state index contributed by atoms with van der Waals surface area (Å²) in [5, 5.41) is 12.1. The predicted octanol–water partition coefficient (Wildman–Crippen LogP) is 2.34. The molecule has 0 fully saturated rings. The minimum absolute atomic E-state index is 0.0640. The molecule has 90 valence electrons. The van der Waals surface area contributed by atoms with Crippen molar-refractivity contribution in [1.82, 2.24) is 5.32 Å². The molecule has 1 rings (SSSR count). The summed E-state index contributed by atoms with van der Waals surface area (Å²) in [5.41, 5.74) is 1.18. The summed E-state index contributed by atoms with van der Waals surface area (Å²) in [6.45, 7) is 2.27. The van der Waals surface area contributed by atoms with Crippen molar-refractivity contribution in [2.45, 2.75) is 25.9 Å². The number of carbonyl (C=O) groups is 1. The third-order valence-electron chi connectivity index (χ3n) is 2.26. The van der Waals surface area contributed by atoms with E-state index in [2.05, 4.69) is 11.4 Å². The first-order valence-corrected chi connectivity index (χ1v) is 6.48. The Morgan fingerprint density at radius 2 is 2.18 bits per heavy atom. The van der Waals surface area contributed by atoms with Crippen LogP contribution in [0.2, 0.25) is 0 Å². The van der Waals surface area contributed by atoms with E-state index in [1.54, 1.807) is 6.92 Å². The first-order valence-electron chi connectivity index (χ1n) is 5.50. The second-order valence-electron chi connectivity index (χ2n) is 3.73. The first kappa shape index (κ1) is 13.8. The predicted molar refractivity (Wildman–Crippen MR) is 70.4 cm³/mol. The molecule has 0 amide bonds. The number of thioether (sulfide) groups is 1. The van der Waals surface area contributed by atoms with Crippen LogP contribution in [0.1, 0.15) is 18.9 Å². The Kier molecular flexibility index (Phi) is 6.38. The van der Waals surface area contributed by atoms with Crippen LogP contribution in [0.25, 0.3) is 0 Å². The molecule has 4 heteroatoms. The molecule has 0 saturated heterocycles. The topological polar surface area (TPSA) is 52.9 Å². The van der Waals surface area contributed by atoms with Crippen LogP contribution in [-0.2, 0) is 11.3 Å². The Hall–Kier alpha value is -1.31. The maximum absolute atomic E-state index is 10.9. The van der Waals surface area contributed by atoms with Crippen LogP contribution >= 0.6 is 11.8 Å². The second-order valence-corrected chi connectivity index (χ2v) is 4.93. The molecule has 1 atom stereocenters. The van der Waals surface area contributed by atoms with Crippen LogP contribution in [-0.4, -0.2) is 16.9 Å². The fourth-order valence-electron chi connectivity index (χ4n) is 1.38. The Balaban J connectivity index is 2.39. The maximum atomic E-state index is 10.9. The third kappa shape index (κ3) is 6.10. The van der Waals surface area contributed by atoms with Crippen molar-refractivity contribution in [2.24, 2.45) is 0 Å². The molecular formula is C13H16N2OS. The molecule has 0 spiro atoms. The van der Waals surface area contributed by atoms with E-state index in [-0.39, 0.29) is 11.2 Å². The van der Waals surface area contributed by atoms with Gasteiger partial charge in [0.05, 0.1) is 12.5 Å². The minimum atomic E-state index is 0.0640. The quantitative estimate of drug-likeness (QED) is 0.839. The van der Waals surface area contributed by atoms with Gasteiger partial charge in [0.1, 0.15) is 0 Å². The Labute approximate surface area is 106 Å². The largest absolute Gasteiger partial charge is 0.308 e. The highest BCUT2D eigenvalue weighted by Gasteiger charge is 2.09. The highest BCUT2D eigenvalue weighted by atomic mass is 32.2. The number of carbonyl (C=O) groups excluding carboxylic acids is 1. The number of benzene rings is 1. The third-order valence-corrected chi connectivity index (χ3v) is 3.24. The molecule has 0 aromatic heterocycles. The van der Waals surface area contributed by atoms with E-state index < -0.39 is 0 Å². The molecule has 3 nitrogen and oxygen atoms in total. The Bertz CT molecular complexity index is 386. The van der Waals surface area contributed by atoms with Gasteiger partial charge < -0.3 is 5.32 Å². The van der Waals surface area contributed by atoms with E-state index in [1.165, 1.54) is 17.3 Å². The van der Waals surface area contributed by atoms with Crippen LogP contribution < -0.4 is 5.32 Å². The molecule has 0 radical (unpaired) electrons. The smallest absolute Gasteiger partial charge is 0.185 e. The molecule has 0 bridgehead atoms. The summed E-state index contributed by atoms with van der Waals surface area (Å²) in [7, 11) is 0. The lowest BCUT2D eigenvalue weighted by atomic mass is 10.2. The molecule has 0 aliphatic heterocycles. The van der Waals surface area contributed by atoms with Gasteiger partial charge in [0.15, 0.2) is 5.12 Å². The molecular weight excluding hydrogens is 232 g/mol. The van der Waals surface area contributed by atoms with Crippen molar-refractivity contribution in [1.29, 1.82) is 5.26 Å². The molecule has 0 heterocycles. The molecule has 0 saturated carbocycles.